The summed E-state index contributed by atoms with van der Waals surface area (Å²) >= 11 is 14.8. The number of halogens is 3. The van der Waals surface area contributed by atoms with E-state index in [0.717, 1.165) is 6.08 Å². The van der Waals surface area contributed by atoms with Crippen LogP contribution >= 0.6 is 34.8 Å². The number of ether oxygens (including phenoxy) is 1. The number of nitrogens with two attached hydrogens (primary N) is 1. The van der Waals surface area contributed by atoms with Gasteiger partial charge in [0.2, 0.25) is 0 Å². The van der Waals surface area contributed by atoms with Crippen LogP contribution in [0.2, 0.25) is 0 Å². The number of hydrogen-bond acceptors (Lipinski definition) is 3. The first-order valence-corrected chi connectivity index (χ1v) is 5.25. The number of hydrogen-bond donors (Lipinski definition) is 1. The van der Waals surface area contributed by atoms with Gasteiger partial charge in [0.15, 0.2) is 0 Å². The van der Waals surface area contributed by atoms with Crippen LogP contribution in [0, 0.1) is 0 Å². The van der Waals surface area contributed by atoms with Gasteiger partial charge in [-0.3, -0.25) is 4.79 Å². The summed E-state index contributed by atoms with van der Waals surface area (Å²) in [5.74, 6) is -1.33. The summed E-state index contributed by atoms with van der Waals surface area (Å²) in [5.41, 5.74) is 4.14. The number of primary amides is 1. The van der Waals surface area contributed by atoms with Gasteiger partial charge in [0.05, 0.1) is 0 Å². The van der Waals surface area contributed by atoms with Crippen molar-refractivity contribution < 1.29 is 14.3 Å². The van der Waals surface area contributed by atoms with Crippen molar-refractivity contribution in [1.82, 2.24) is 0 Å². The molecule has 7 heteroatoms. The second-order valence-electron chi connectivity index (χ2n) is 3.60. The summed E-state index contributed by atoms with van der Waals surface area (Å²) in [4.78, 5) is 20.3. The molecule has 16 heavy (non-hydrogen) atoms. The third-order valence-corrected chi connectivity index (χ3v) is 1.41. The summed E-state index contributed by atoms with van der Waals surface area (Å²) in [6, 6.07) is 0. The van der Waals surface area contributed by atoms with E-state index >= 15 is 0 Å². The molecule has 0 rings (SSSR count). The predicted octanol–water partition coefficient (Wildman–Crippen LogP) is 2.36. The van der Waals surface area contributed by atoms with Gasteiger partial charge in [-0.15, -0.1) is 0 Å². The van der Waals surface area contributed by atoms with Gasteiger partial charge in [-0.05, 0) is 20.8 Å². The Hall–Kier alpha value is -0.450. The van der Waals surface area contributed by atoms with Crippen LogP contribution in [0.15, 0.2) is 12.7 Å². The van der Waals surface area contributed by atoms with Gasteiger partial charge in [-0.25, -0.2) is 4.79 Å². The van der Waals surface area contributed by atoms with Gasteiger partial charge >= 0.3 is 5.97 Å². The summed E-state index contributed by atoms with van der Waals surface area (Å²) in [7, 11) is 0. The molecule has 0 unspecified atom stereocenters. The van der Waals surface area contributed by atoms with Crippen LogP contribution in [0.1, 0.15) is 20.8 Å². The van der Waals surface area contributed by atoms with Crippen LogP contribution in [-0.2, 0) is 14.3 Å². The lowest BCUT2D eigenvalue weighted by molar-refractivity contribution is -0.148. The van der Waals surface area contributed by atoms with E-state index in [1.807, 2.05) is 20.8 Å². The molecule has 0 aromatic rings. The number of esters is 1. The molecule has 2 N–H and O–H groups in total. The molecule has 0 aliphatic heterocycles. The Morgan fingerprint density at radius 2 is 1.56 bits per heavy atom. The highest BCUT2D eigenvalue weighted by Crippen LogP contribution is 2.24. The van der Waals surface area contributed by atoms with Crippen LogP contribution in [-0.4, -0.2) is 21.3 Å². The molecule has 0 heterocycles. The summed E-state index contributed by atoms with van der Waals surface area (Å²) < 4.78 is 2.89. The minimum atomic E-state index is -1.94. The van der Waals surface area contributed by atoms with E-state index in [0.29, 0.717) is 0 Å². The van der Waals surface area contributed by atoms with E-state index in [-0.39, 0.29) is 5.97 Å². The first kappa shape index (κ1) is 17.9. The van der Waals surface area contributed by atoms with Gasteiger partial charge < -0.3 is 10.5 Å². The maximum atomic E-state index is 10.5. The lowest BCUT2D eigenvalue weighted by Crippen LogP contribution is -2.27. The molecule has 0 radical (unpaired) electrons. The van der Waals surface area contributed by atoms with Crippen molar-refractivity contribution in [3.05, 3.63) is 12.7 Å². The minimum absolute atomic E-state index is 0.373. The van der Waals surface area contributed by atoms with Crippen LogP contribution in [0.25, 0.3) is 0 Å². The fourth-order valence-electron chi connectivity index (χ4n) is 0.343. The van der Waals surface area contributed by atoms with Gasteiger partial charge in [0.25, 0.3) is 9.70 Å². The van der Waals surface area contributed by atoms with Crippen LogP contribution in [0.3, 0.4) is 0 Å². The number of rotatable bonds is 1. The Balaban J connectivity index is 0. The average molecular weight is 291 g/mol. The highest BCUT2D eigenvalue weighted by molar-refractivity contribution is 6.76. The monoisotopic (exact) mass is 289 g/mol. The number of amides is 1. The standard InChI is InChI=1S/C7H12O2.C2H2Cl3NO/c1-5-6(8)9-7(2,3)4;3-2(4,5)1(6)7/h5H,1H2,2-4H3;(H2,6,7). The number of carbonyl (C=O) groups is 2. The van der Waals surface area contributed by atoms with E-state index < -0.39 is 15.3 Å². The third-order valence-electron chi connectivity index (χ3n) is 0.853. The van der Waals surface area contributed by atoms with Crippen molar-refractivity contribution in [2.45, 2.75) is 30.2 Å². The maximum Gasteiger partial charge on any atom is 0.330 e. The van der Waals surface area contributed by atoms with Crippen LogP contribution < -0.4 is 5.73 Å². The van der Waals surface area contributed by atoms with E-state index in [4.69, 9.17) is 39.5 Å². The highest BCUT2D eigenvalue weighted by Gasteiger charge is 2.26. The molecule has 0 spiro atoms. The van der Waals surface area contributed by atoms with E-state index in [1.54, 1.807) is 0 Å². The molecule has 0 fully saturated rings. The fourth-order valence-corrected chi connectivity index (χ4v) is 0.343. The van der Waals surface area contributed by atoms with Crippen molar-refractivity contribution in [3.8, 4) is 0 Å². The normalized spacial score (nSPS) is 10.9. The molecule has 0 saturated carbocycles. The Kier molecular flexibility index (Phi) is 7.83. The molecule has 0 aliphatic rings. The Morgan fingerprint density at radius 1 is 1.25 bits per heavy atom. The quantitative estimate of drug-likeness (QED) is 0.458. The lowest BCUT2D eigenvalue weighted by atomic mass is 10.2. The maximum absolute atomic E-state index is 10.5. The molecule has 0 saturated heterocycles. The summed E-state index contributed by atoms with van der Waals surface area (Å²) in [6.07, 6.45) is 1.16. The summed E-state index contributed by atoms with van der Waals surface area (Å²) in [6.45, 7) is 8.71. The molecule has 0 aromatic carbocycles. The first-order valence-electron chi connectivity index (χ1n) is 4.12. The Morgan fingerprint density at radius 3 is 1.62 bits per heavy atom. The van der Waals surface area contributed by atoms with Crippen molar-refractivity contribution in [1.29, 1.82) is 0 Å². The average Bonchev–Trinajstić information content (AvgIpc) is 2.00. The Bertz CT molecular complexity index is 266. The van der Waals surface area contributed by atoms with Crippen LogP contribution in [0.4, 0.5) is 0 Å². The second kappa shape index (κ2) is 6.99. The SMILES string of the molecule is C=CC(=O)OC(C)(C)C.NC(=O)C(Cl)(Cl)Cl. The first-order chi connectivity index (χ1) is 6.90. The molecule has 1 amide bonds. The van der Waals surface area contributed by atoms with Gasteiger partial charge in [0.1, 0.15) is 5.60 Å². The smallest absolute Gasteiger partial charge is 0.330 e. The number of carbonyl (C=O) groups excluding carboxylic acids is 2. The topological polar surface area (TPSA) is 69.4 Å². The number of alkyl halides is 3. The highest BCUT2D eigenvalue weighted by atomic mass is 35.6. The van der Waals surface area contributed by atoms with E-state index in [1.165, 1.54) is 0 Å². The molecule has 0 atom stereocenters. The van der Waals surface area contributed by atoms with Gasteiger partial charge in [-0.1, -0.05) is 41.4 Å². The predicted molar refractivity (Wildman–Crippen MR) is 65.5 cm³/mol. The van der Waals surface area contributed by atoms with Crippen molar-refractivity contribution >= 4 is 46.7 Å². The zero-order chi connectivity index (χ0) is 13.6. The molecular weight excluding hydrogens is 276 g/mol. The molecule has 0 aliphatic carbocycles. The second-order valence-corrected chi connectivity index (χ2v) is 5.88. The fraction of sp³-hybridized carbons (Fsp3) is 0.556. The molecular formula is C9H14Cl3NO3. The molecule has 4 nitrogen and oxygen atoms in total. The zero-order valence-electron chi connectivity index (χ0n) is 9.22. The van der Waals surface area contributed by atoms with E-state index in [9.17, 15) is 9.59 Å². The molecule has 0 aromatic heterocycles. The minimum Gasteiger partial charge on any atom is -0.457 e. The molecule has 0 bridgehead atoms. The molecule has 94 valence electrons. The van der Waals surface area contributed by atoms with Crippen LogP contribution in [0.5, 0.6) is 0 Å². The van der Waals surface area contributed by atoms with Crippen molar-refractivity contribution in [2.75, 3.05) is 0 Å². The summed E-state index contributed by atoms with van der Waals surface area (Å²) in [5, 5.41) is 0. The zero-order valence-corrected chi connectivity index (χ0v) is 11.5. The van der Waals surface area contributed by atoms with E-state index in [2.05, 4.69) is 12.3 Å². The lowest BCUT2D eigenvalue weighted by Gasteiger charge is -2.17. The van der Waals surface area contributed by atoms with Crippen molar-refractivity contribution in [2.24, 2.45) is 5.73 Å². The Labute approximate surface area is 110 Å². The third kappa shape index (κ3) is 13.5. The van der Waals surface area contributed by atoms with Gasteiger partial charge in [0, 0.05) is 6.08 Å². The largest absolute Gasteiger partial charge is 0.457 e. The van der Waals surface area contributed by atoms with Crippen molar-refractivity contribution in [3.63, 3.8) is 0 Å². The van der Waals surface area contributed by atoms with Gasteiger partial charge in [-0.2, -0.15) is 0 Å².